The van der Waals surface area contributed by atoms with Crippen molar-refractivity contribution in [2.24, 2.45) is 7.05 Å². The van der Waals surface area contributed by atoms with Crippen molar-refractivity contribution in [3.05, 3.63) is 34.2 Å². The zero-order valence-electron chi connectivity index (χ0n) is 12.9. The lowest BCUT2D eigenvalue weighted by atomic mass is 10.3. The molecule has 2 rings (SSSR count). The molecule has 1 N–H and O–H groups in total. The van der Waals surface area contributed by atoms with E-state index in [1.807, 2.05) is 27.0 Å². The van der Waals surface area contributed by atoms with Crippen molar-refractivity contribution in [3.8, 4) is 11.6 Å². The predicted molar refractivity (Wildman–Crippen MR) is 84.0 cm³/mol. The fourth-order valence-electron chi connectivity index (χ4n) is 2.04. The van der Waals surface area contributed by atoms with Crippen LogP contribution in [0.15, 0.2) is 12.3 Å². The highest BCUT2D eigenvalue weighted by Gasteiger charge is 2.14. The molecular weight excluding hydrogens is 288 g/mol. The molecule has 2 aromatic rings. The molecule has 21 heavy (non-hydrogen) atoms. The van der Waals surface area contributed by atoms with Gasteiger partial charge in [0.05, 0.1) is 5.69 Å². The molecule has 0 aliphatic carbocycles. The first-order valence-corrected chi connectivity index (χ1v) is 7.44. The zero-order chi connectivity index (χ0) is 15.4. The average Bonchev–Trinajstić information content (AvgIpc) is 2.68. The van der Waals surface area contributed by atoms with Gasteiger partial charge in [-0.05, 0) is 38.4 Å². The number of hydrogen-bond acceptors (Lipinski definition) is 4. The molecule has 2 heterocycles. The van der Waals surface area contributed by atoms with E-state index in [4.69, 9.17) is 16.3 Å². The summed E-state index contributed by atoms with van der Waals surface area (Å²) in [6, 6.07) is 1.88. The van der Waals surface area contributed by atoms with E-state index in [-0.39, 0.29) is 0 Å². The van der Waals surface area contributed by atoms with E-state index in [2.05, 4.69) is 22.3 Å². The van der Waals surface area contributed by atoms with Crippen LogP contribution >= 0.6 is 11.6 Å². The standard InChI is InChI=1S/C15H21ClN4O/c1-5-6-17-8-12-7-13(16)15(18-9-12)21-14-10(2)19-20(4)11(14)3/h7,9,17H,5-6,8H2,1-4H3. The van der Waals surface area contributed by atoms with Crippen molar-refractivity contribution in [1.29, 1.82) is 0 Å². The number of rotatable bonds is 6. The maximum Gasteiger partial charge on any atom is 0.238 e. The first kappa shape index (κ1) is 15.8. The summed E-state index contributed by atoms with van der Waals surface area (Å²) < 4.78 is 7.60. The van der Waals surface area contributed by atoms with Crippen LogP contribution in [0.4, 0.5) is 0 Å². The third kappa shape index (κ3) is 3.74. The van der Waals surface area contributed by atoms with Gasteiger partial charge in [0.15, 0.2) is 5.75 Å². The van der Waals surface area contributed by atoms with Crippen molar-refractivity contribution >= 4 is 11.6 Å². The van der Waals surface area contributed by atoms with Gasteiger partial charge in [-0.1, -0.05) is 18.5 Å². The van der Waals surface area contributed by atoms with Crippen LogP contribution < -0.4 is 10.1 Å². The van der Waals surface area contributed by atoms with E-state index in [0.29, 0.717) is 16.7 Å². The molecule has 0 bridgehead atoms. The summed E-state index contributed by atoms with van der Waals surface area (Å²) in [6.45, 7) is 7.72. The van der Waals surface area contributed by atoms with E-state index in [1.54, 1.807) is 10.9 Å². The van der Waals surface area contributed by atoms with Gasteiger partial charge in [-0.2, -0.15) is 5.10 Å². The molecule has 6 heteroatoms. The van der Waals surface area contributed by atoms with Gasteiger partial charge in [-0.25, -0.2) is 4.98 Å². The number of hydrogen-bond donors (Lipinski definition) is 1. The van der Waals surface area contributed by atoms with Gasteiger partial charge in [0, 0.05) is 19.8 Å². The summed E-state index contributed by atoms with van der Waals surface area (Å²) in [5, 5.41) is 8.14. The lowest BCUT2D eigenvalue weighted by molar-refractivity contribution is 0.455. The summed E-state index contributed by atoms with van der Waals surface area (Å²) in [5.41, 5.74) is 2.81. The monoisotopic (exact) mass is 308 g/mol. The number of ether oxygens (including phenoxy) is 1. The van der Waals surface area contributed by atoms with E-state index in [9.17, 15) is 0 Å². The Bertz CT molecular complexity index is 624. The van der Waals surface area contributed by atoms with Crippen molar-refractivity contribution < 1.29 is 4.74 Å². The lowest BCUT2D eigenvalue weighted by Gasteiger charge is -2.09. The van der Waals surface area contributed by atoms with Crippen LogP contribution in [0.2, 0.25) is 5.02 Å². The highest BCUT2D eigenvalue weighted by Crippen LogP contribution is 2.31. The smallest absolute Gasteiger partial charge is 0.238 e. The molecule has 5 nitrogen and oxygen atoms in total. The first-order valence-electron chi connectivity index (χ1n) is 7.06. The second-order valence-electron chi connectivity index (χ2n) is 5.03. The SMILES string of the molecule is CCCNCc1cnc(Oc2c(C)nn(C)c2C)c(Cl)c1. The van der Waals surface area contributed by atoms with Gasteiger partial charge in [0.1, 0.15) is 10.7 Å². The summed E-state index contributed by atoms with van der Waals surface area (Å²) >= 11 is 6.26. The summed E-state index contributed by atoms with van der Waals surface area (Å²) in [6.07, 6.45) is 2.88. The Morgan fingerprint density at radius 3 is 2.71 bits per heavy atom. The molecular formula is C15H21ClN4O. The molecule has 0 aliphatic heterocycles. The summed E-state index contributed by atoms with van der Waals surface area (Å²) in [4.78, 5) is 4.31. The van der Waals surface area contributed by atoms with Crippen molar-refractivity contribution in [3.63, 3.8) is 0 Å². The normalized spacial score (nSPS) is 10.9. The van der Waals surface area contributed by atoms with Crippen LogP contribution in [0, 0.1) is 13.8 Å². The Morgan fingerprint density at radius 2 is 2.14 bits per heavy atom. The van der Waals surface area contributed by atoms with Crippen LogP contribution in [0.25, 0.3) is 0 Å². The number of pyridine rings is 1. The van der Waals surface area contributed by atoms with Gasteiger partial charge in [-0.15, -0.1) is 0 Å². The fraction of sp³-hybridized carbons (Fsp3) is 0.467. The Balaban J connectivity index is 2.14. The Morgan fingerprint density at radius 1 is 1.38 bits per heavy atom. The molecule has 0 saturated carbocycles. The largest absolute Gasteiger partial charge is 0.434 e. The second kappa shape index (κ2) is 6.91. The molecule has 2 aromatic heterocycles. The molecule has 0 aromatic carbocycles. The average molecular weight is 309 g/mol. The van der Waals surface area contributed by atoms with Crippen LogP contribution in [-0.4, -0.2) is 21.3 Å². The minimum Gasteiger partial charge on any atom is -0.434 e. The van der Waals surface area contributed by atoms with Crippen molar-refractivity contribution in [1.82, 2.24) is 20.1 Å². The number of aromatic nitrogens is 3. The molecule has 0 spiro atoms. The summed E-state index contributed by atoms with van der Waals surface area (Å²) in [7, 11) is 1.88. The summed E-state index contributed by atoms with van der Waals surface area (Å²) in [5.74, 6) is 1.12. The maximum absolute atomic E-state index is 6.26. The van der Waals surface area contributed by atoms with Crippen LogP contribution in [0.5, 0.6) is 11.6 Å². The topological polar surface area (TPSA) is 52.0 Å². The Hall–Kier alpha value is -1.59. The zero-order valence-corrected chi connectivity index (χ0v) is 13.7. The minimum atomic E-state index is 0.412. The highest BCUT2D eigenvalue weighted by atomic mass is 35.5. The van der Waals surface area contributed by atoms with Crippen molar-refractivity contribution in [2.45, 2.75) is 33.7 Å². The lowest BCUT2D eigenvalue weighted by Crippen LogP contribution is -2.13. The van der Waals surface area contributed by atoms with Crippen LogP contribution in [-0.2, 0) is 13.6 Å². The van der Waals surface area contributed by atoms with E-state index in [0.717, 1.165) is 36.5 Å². The van der Waals surface area contributed by atoms with Gasteiger partial charge in [0.25, 0.3) is 0 Å². The van der Waals surface area contributed by atoms with Crippen molar-refractivity contribution in [2.75, 3.05) is 6.54 Å². The van der Waals surface area contributed by atoms with Crippen LogP contribution in [0.1, 0.15) is 30.3 Å². The third-order valence-corrected chi connectivity index (χ3v) is 3.53. The fourth-order valence-corrected chi connectivity index (χ4v) is 2.27. The van der Waals surface area contributed by atoms with Crippen LogP contribution in [0.3, 0.4) is 0 Å². The minimum absolute atomic E-state index is 0.412. The molecule has 0 atom stereocenters. The Labute approximate surface area is 130 Å². The molecule has 0 radical (unpaired) electrons. The van der Waals surface area contributed by atoms with E-state index < -0.39 is 0 Å². The number of nitrogens with zero attached hydrogens (tertiary/aromatic N) is 3. The molecule has 0 fully saturated rings. The molecule has 0 amide bonds. The first-order chi connectivity index (χ1) is 10.0. The maximum atomic E-state index is 6.26. The molecule has 0 saturated heterocycles. The van der Waals surface area contributed by atoms with Gasteiger partial charge in [0.2, 0.25) is 5.88 Å². The second-order valence-corrected chi connectivity index (χ2v) is 5.44. The molecule has 0 aliphatic rings. The van der Waals surface area contributed by atoms with Gasteiger partial charge < -0.3 is 10.1 Å². The Kier molecular flexibility index (Phi) is 5.20. The number of nitrogens with one attached hydrogen (secondary N) is 1. The molecule has 114 valence electrons. The predicted octanol–water partition coefficient (Wildman–Crippen LogP) is 3.38. The third-order valence-electron chi connectivity index (χ3n) is 3.26. The molecule has 0 unspecified atom stereocenters. The number of aryl methyl sites for hydroxylation is 2. The van der Waals surface area contributed by atoms with E-state index in [1.165, 1.54) is 0 Å². The van der Waals surface area contributed by atoms with Gasteiger partial charge in [-0.3, -0.25) is 4.68 Å². The van der Waals surface area contributed by atoms with E-state index >= 15 is 0 Å². The quantitative estimate of drug-likeness (QED) is 0.831. The number of halogens is 1. The van der Waals surface area contributed by atoms with Gasteiger partial charge >= 0.3 is 0 Å². The highest BCUT2D eigenvalue weighted by molar-refractivity contribution is 6.31.